The van der Waals surface area contributed by atoms with E-state index in [1.807, 2.05) is 0 Å². The van der Waals surface area contributed by atoms with Crippen molar-refractivity contribution in [3.63, 3.8) is 0 Å². The predicted octanol–water partition coefficient (Wildman–Crippen LogP) is -0.247. The van der Waals surface area contributed by atoms with E-state index < -0.39 is 12.1 Å². The van der Waals surface area contributed by atoms with Crippen LogP contribution in [0.5, 0.6) is 0 Å². The Kier molecular flexibility index (Phi) is 9.97. The van der Waals surface area contributed by atoms with Gasteiger partial charge in [-0.25, -0.2) is 4.79 Å². The Balaban J connectivity index is 3.43. The maximum Gasteiger partial charge on any atom is 0.333 e. The summed E-state index contributed by atoms with van der Waals surface area (Å²) in [5, 5.41) is 12.6. The van der Waals surface area contributed by atoms with Gasteiger partial charge in [-0.05, 0) is 26.3 Å². The zero-order valence-corrected chi connectivity index (χ0v) is 11.4. The third-order valence-electron chi connectivity index (χ3n) is 2.45. The van der Waals surface area contributed by atoms with Crippen LogP contribution in [-0.2, 0) is 14.3 Å². The molecule has 0 saturated heterocycles. The zero-order valence-electron chi connectivity index (χ0n) is 11.4. The molecule has 2 atom stereocenters. The van der Waals surface area contributed by atoms with E-state index >= 15 is 0 Å². The maximum atomic E-state index is 11.1. The molecule has 6 heteroatoms. The van der Waals surface area contributed by atoms with Crippen molar-refractivity contribution >= 4 is 12.3 Å². The van der Waals surface area contributed by atoms with E-state index in [0.29, 0.717) is 18.5 Å². The molecule has 0 aromatic rings. The van der Waals surface area contributed by atoms with E-state index in [-0.39, 0.29) is 12.6 Å². The smallest absolute Gasteiger partial charge is 0.333 e. The number of nitrogens with one attached hydrogen (secondary N) is 1. The molecular formula is C13H24N2O4. The Morgan fingerprint density at radius 2 is 2.21 bits per heavy atom. The van der Waals surface area contributed by atoms with Crippen LogP contribution in [0.2, 0.25) is 0 Å². The summed E-state index contributed by atoms with van der Waals surface area (Å²) in [5.41, 5.74) is 5.76. The first-order valence-electron chi connectivity index (χ1n) is 6.39. The average molecular weight is 272 g/mol. The van der Waals surface area contributed by atoms with Gasteiger partial charge >= 0.3 is 5.97 Å². The second-order valence-corrected chi connectivity index (χ2v) is 4.53. The fraction of sp³-hybridized carbons (Fsp3) is 0.692. The van der Waals surface area contributed by atoms with E-state index in [0.717, 1.165) is 25.7 Å². The summed E-state index contributed by atoms with van der Waals surface area (Å²) in [6.07, 6.45) is 2.41. The fourth-order valence-corrected chi connectivity index (χ4v) is 1.32. The number of aldehydes is 1. The largest absolute Gasteiger partial charge is 0.460 e. The van der Waals surface area contributed by atoms with Crippen molar-refractivity contribution in [1.29, 1.82) is 0 Å². The van der Waals surface area contributed by atoms with Crippen molar-refractivity contribution in [1.82, 2.24) is 5.32 Å². The van der Waals surface area contributed by atoms with Crippen molar-refractivity contribution in [3.05, 3.63) is 12.2 Å². The molecule has 0 spiro atoms. The highest BCUT2D eigenvalue weighted by atomic mass is 16.5. The van der Waals surface area contributed by atoms with Gasteiger partial charge in [-0.3, -0.25) is 0 Å². The Hall–Kier alpha value is -1.24. The van der Waals surface area contributed by atoms with Gasteiger partial charge in [0, 0.05) is 12.1 Å². The van der Waals surface area contributed by atoms with Crippen molar-refractivity contribution in [2.75, 3.05) is 19.7 Å². The van der Waals surface area contributed by atoms with Crippen LogP contribution < -0.4 is 11.1 Å². The standard InChI is InChI=1S/C13H24N2O4/c1-10(2)13(18)19-9-12(17)7-15-6-4-3-5-11(14)8-16/h8,11-12,15,17H,1,3-7,9,14H2,2H3/t11-,12?/m0/s1. The molecule has 4 N–H and O–H groups in total. The van der Waals surface area contributed by atoms with Gasteiger partial charge in [-0.1, -0.05) is 13.0 Å². The number of carbonyl (C=O) groups is 2. The van der Waals surface area contributed by atoms with Crippen molar-refractivity contribution < 1.29 is 19.4 Å². The molecule has 0 aromatic carbocycles. The lowest BCUT2D eigenvalue weighted by Crippen LogP contribution is -2.32. The van der Waals surface area contributed by atoms with Gasteiger partial charge in [0.1, 0.15) is 19.0 Å². The molecule has 0 saturated carbocycles. The number of ether oxygens (including phenoxy) is 1. The number of hydrogen-bond donors (Lipinski definition) is 3. The Labute approximate surface area is 114 Å². The van der Waals surface area contributed by atoms with Crippen LogP contribution in [-0.4, -0.2) is 49.2 Å². The zero-order chi connectivity index (χ0) is 14.7. The third-order valence-corrected chi connectivity index (χ3v) is 2.45. The first-order valence-corrected chi connectivity index (χ1v) is 6.39. The molecule has 0 radical (unpaired) electrons. The number of esters is 1. The van der Waals surface area contributed by atoms with Crippen LogP contribution in [0, 0.1) is 0 Å². The molecule has 0 heterocycles. The van der Waals surface area contributed by atoms with Crippen molar-refractivity contribution in [2.24, 2.45) is 5.73 Å². The summed E-state index contributed by atoms with van der Waals surface area (Å²) in [6, 6.07) is -0.382. The number of unbranched alkanes of at least 4 members (excludes halogenated alkanes) is 1. The van der Waals surface area contributed by atoms with E-state index in [1.54, 1.807) is 6.92 Å². The minimum atomic E-state index is -0.736. The van der Waals surface area contributed by atoms with E-state index in [1.165, 1.54) is 0 Å². The fourth-order valence-electron chi connectivity index (χ4n) is 1.32. The summed E-state index contributed by atoms with van der Waals surface area (Å²) in [5.74, 6) is -0.498. The molecule has 0 rings (SSSR count). The van der Waals surface area contributed by atoms with Crippen LogP contribution in [0.15, 0.2) is 12.2 Å². The lowest BCUT2D eigenvalue weighted by Gasteiger charge is -2.12. The highest BCUT2D eigenvalue weighted by Gasteiger charge is 2.08. The van der Waals surface area contributed by atoms with Gasteiger partial charge in [0.15, 0.2) is 0 Å². The molecule has 0 amide bonds. The lowest BCUT2D eigenvalue weighted by atomic mass is 10.1. The molecule has 0 aliphatic carbocycles. The molecule has 0 fully saturated rings. The van der Waals surface area contributed by atoms with Crippen molar-refractivity contribution in [2.45, 2.75) is 38.3 Å². The number of hydrogen-bond acceptors (Lipinski definition) is 6. The first-order chi connectivity index (χ1) is 8.97. The minimum Gasteiger partial charge on any atom is -0.460 e. The monoisotopic (exact) mass is 272 g/mol. The third kappa shape index (κ3) is 10.4. The van der Waals surface area contributed by atoms with E-state index in [9.17, 15) is 14.7 Å². The quantitative estimate of drug-likeness (QED) is 0.207. The maximum absolute atomic E-state index is 11.1. The number of aliphatic hydroxyl groups is 1. The molecule has 0 aromatic heterocycles. The second kappa shape index (κ2) is 10.7. The summed E-state index contributed by atoms with van der Waals surface area (Å²) in [4.78, 5) is 21.3. The number of carbonyl (C=O) groups excluding carboxylic acids is 2. The van der Waals surface area contributed by atoms with Crippen molar-refractivity contribution in [3.8, 4) is 0 Å². The average Bonchev–Trinajstić information content (AvgIpc) is 2.39. The minimum absolute atomic E-state index is 0.0469. The van der Waals surface area contributed by atoms with Gasteiger partial charge in [-0.15, -0.1) is 0 Å². The van der Waals surface area contributed by atoms with Crippen LogP contribution >= 0.6 is 0 Å². The first kappa shape index (κ1) is 17.8. The molecule has 0 bridgehead atoms. The van der Waals surface area contributed by atoms with Gasteiger partial charge in [0.25, 0.3) is 0 Å². The molecule has 1 unspecified atom stereocenters. The Morgan fingerprint density at radius 3 is 2.79 bits per heavy atom. The molecule has 19 heavy (non-hydrogen) atoms. The Bertz CT molecular complexity index is 294. The molecular weight excluding hydrogens is 248 g/mol. The summed E-state index contributed by atoms with van der Waals surface area (Å²) < 4.78 is 4.81. The van der Waals surface area contributed by atoms with E-state index in [4.69, 9.17) is 10.5 Å². The molecule has 0 aliphatic rings. The van der Waals surface area contributed by atoms with E-state index in [2.05, 4.69) is 11.9 Å². The van der Waals surface area contributed by atoms with Gasteiger partial charge in [0.05, 0.1) is 6.04 Å². The molecule has 0 aliphatic heterocycles. The van der Waals surface area contributed by atoms with Crippen LogP contribution in [0.1, 0.15) is 26.2 Å². The Morgan fingerprint density at radius 1 is 1.53 bits per heavy atom. The molecule has 6 nitrogen and oxygen atoms in total. The second-order valence-electron chi connectivity index (χ2n) is 4.53. The normalized spacial score (nSPS) is 13.6. The highest BCUT2D eigenvalue weighted by molar-refractivity contribution is 5.86. The lowest BCUT2D eigenvalue weighted by molar-refractivity contribution is -0.141. The summed E-state index contributed by atoms with van der Waals surface area (Å²) in [7, 11) is 0. The number of aliphatic hydroxyl groups excluding tert-OH is 1. The SMILES string of the molecule is C=C(C)C(=O)OCC(O)CNCCCC[C@H](N)C=O. The van der Waals surface area contributed by atoms with Crippen LogP contribution in [0.3, 0.4) is 0 Å². The van der Waals surface area contributed by atoms with Crippen LogP contribution in [0.4, 0.5) is 0 Å². The van der Waals surface area contributed by atoms with Crippen LogP contribution in [0.25, 0.3) is 0 Å². The predicted molar refractivity (Wildman–Crippen MR) is 72.5 cm³/mol. The number of nitrogens with two attached hydrogens (primary N) is 1. The van der Waals surface area contributed by atoms with Gasteiger partial charge in [-0.2, -0.15) is 0 Å². The topological polar surface area (TPSA) is 102 Å². The van der Waals surface area contributed by atoms with Gasteiger partial charge in [0.2, 0.25) is 0 Å². The number of rotatable bonds is 11. The molecule has 110 valence electrons. The highest BCUT2D eigenvalue weighted by Crippen LogP contribution is 1.97. The summed E-state index contributed by atoms with van der Waals surface area (Å²) in [6.45, 7) is 6.02. The van der Waals surface area contributed by atoms with Gasteiger partial charge < -0.3 is 25.7 Å². The summed E-state index contributed by atoms with van der Waals surface area (Å²) >= 11 is 0.